The predicted molar refractivity (Wildman–Crippen MR) is 137 cm³/mol. The maximum absolute atomic E-state index is 13.2. The molecule has 0 aliphatic rings. The summed E-state index contributed by atoms with van der Waals surface area (Å²) < 4.78 is 15.1. The Hall–Kier alpha value is -1.92. The molecule has 0 N–H and O–H groups in total. The van der Waals surface area contributed by atoms with E-state index in [1.807, 2.05) is 13.8 Å². The molecule has 7 heteroatoms. The Morgan fingerprint density at radius 1 is 0.543 bits per heavy atom. The second kappa shape index (κ2) is 22.5. The van der Waals surface area contributed by atoms with Gasteiger partial charge >= 0.3 is 17.9 Å². The molecule has 35 heavy (non-hydrogen) atoms. The van der Waals surface area contributed by atoms with Crippen molar-refractivity contribution in [1.82, 2.24) is 0 Å². The summed E-state index contributed by atoms with van der Waals surface area (Å²) in [6.07, 6.45) is 12.2. The molecule has 0 aromatic heterocycles. The van der Waals surface area contributed by atoms with Gasteiger partial charge in [-0.2, -0.15) is 0 Å². The third kappa shape index (κ3) is 17.2. The third-order valence-electron chi connectivity index (χ3n) is 6.23. The minimum absolute atomic E-state index is 0.0237. The van der Waals surface area contributed by atoms with Crippen molar-refractivity contribution in [3.05, 3.63) is 0 Å². The number of hydrogen-bond acceptors (Lipinski definition) is 7. The third-order valence-corrected chi connectivity index (χ3v) is 6.23. The molecule has 0 rings (SSSR count). The van der Waals surface area contributed by atoms with Crippen molar-refractivity contribution >= 4 is 23.7 Å². The molecule has 0 fully saturated rings. The van der Waals surface area contributed by atoms with Crippen LogP contribution in [-0.4, -0.2) is 43.5 Å². The number of ketones is 1. The zero-order valence-corrected chi connectivity index (χ0v) is 22.7. The van der Waals surface area contributed by atoms with Crippen LogP contribution in [0.5, 0.6) is 0 Å². The minimum atomic E-state index is -0.677. The second-order valence-electron chi connectivity index (χ2n) is 9.04. The van der Waals surface area contributed by atoms with Crippen LogP contribution in [0, 0.1) is 11.8 Å². The highest BCUT2D eigenvalue weighted by Crippen LogP contribution is 2.24. The van der Waals surface area contributed by atoms with Gasteiger partial charge in [0.1, 0.15) is 11.7 Å². The number of carbonyl (C=O) groups is 4. The summed E-state index contributed by atoms with van der Waals surface area (Å²) in [5, 5.41) is 0. The molecule has 2 unspecified atom stereocenters. The summed E-state index contributed by atoms with van der Waals surface area (Å²) >= 11 is 0. The number of rotatable bonds is 23. The van der Waals surface area contributed by atoms with E-state index in [-0.39, 0.29) is 30.2 Å². The van der Waals surface area contributed by atoms with Crippen LogP contribution >= 0.6 is 0 Å². The van der Waals surface area contributed by atoms with Gasteiger partial charge in [-0.05, 0) is 52.9 Å². The van der Waals surface area contributed by atoms with Crippen LogP contribution < -0.4 is 0 Å². The summed E-state index contributed by atoms with van der Waals surface area (Å²) in [6, 6.07) is 0. The molecule has 0 spiro atoms. The molecule has 0 aromatic carbocycles. The molecule has 2 atom stereocenters. The number of ether oxygens (including phenoxy) is 3. The first-order chi connectivity index (χ1) is 16.9. The Labute approximate surface area is 213 Å². The standard InChI is InChI=1S/C28H50O7/c1-5-23(19-15-11-9-13-17-21-25(29)33-6-2)27(31)24(28(32)35-8-4)20-16-12-10-14-18-22-26(30)34-7-3/h23-24H,5-22H2,1-4H3. The Balaban J connectivity index is 4.37. The molecule has 0 bridgehead atoms. The Kier molecular flexibility index (Phi) is 21.3. The molecule has 7 nitrogen and oxygen atoms in total. The van der Waals surface area contributed by atoms with Gasteiger partial charge in [0.05, 0.1) is 19.8 Å². The van der Waals surface area contributed by atoms with Gasteiger partial charge in [-0.3, -0.25) is 19.2 Å². The number of esters is 3. The van der Waals surface area contributed by atoms with Crippen molar-refractivity contribution in [2.45, 2.75) is 124 Å². The van der Waals surface area contributed by atoms with E-state index in [1.165, 1.54) is 0 Å². The fraction of sp³-hybridized carbons (Fsp3) is 0.857. The van der Waals surface area contributed by atoms with E-state index in [1.54, 1.807) is 13.8 Å². The molecule has 0 amide bonds. The lowest BCUT2D eigenvalue weighted by Crippen LogP contribution is -2.31. The van der Waals surface area contributed by atoms with Gasteiger partial charge in [0.25, 0.3) is 0 Å². The van der Waals surface area contributed by atoms with Crippen LogP contribution in [0.15, 0.2) is 0 Å². The number of hydrogen-bond donors (Lipinski definition) is 0. The van der Waals surface area contributed by atoms with Crippen molar-refractivity contribution in [3.63, 3.8) is 0 Å². The van der Waals surface area contributed by atoms with Crippen molar-refractivity contribution < 1.29 is 33.4 Å². The molecular weight excluding hydrogens is 448 g/mol. The maximum Gasteiger partial charge on any atom is 0.316 e. The number of Topliss-reactive ketones (excluding diaryl/α,β-unsaturated/α-hetero) is 1. The van der Waals surface area contributed by atoms with Crippen molar-refractivity contribution in [1.29, 1.82) is 0 Å². The summed E-state index contributed by atoms with van der Waals surface area (Å²) in [5.41, 5.74) is 0. The van der Waals surface area contributed by atoms with Gasteiger partial charge < -0.3 is 14.2 Å². The number of unbranched alkanes of at least 4 members (excludes halogenated alkanes) is 8. The van der Waals surface area contributed by atoms with Crippen LogP contribution in [0.4, 0.5) is 0 Å². The van der Waals surface area contributed by atoms with Crippen LogP contribution in [0.1, 0.15) is 124 Å². The van der Waals surface area contributed by atoms with E-state index in [4.69, 9.17) is 14.2 Å². The average Bonchev–Trinajstić information content (AvgIpc) is 2.82. The molecule has 0 aliphatic carbocycles. The topological polar surface area (TPSA) is 96.0 Å². The van der Waals surface area contributed by atoms with Crippen molar-refractivity contribution in [2.24, 2.45) is 11.8 Å². The lowest BCUT2D eigenvalue weighted by atomic mass is 9.84. The zero-order valence-electron chi connectivity index (χ0n) is 22.7. The molecule has 0 saturated heterocycles. The quantitative estimate of drug-likeness (QED) is 0.0701. The predicted octanol–water partition coefficient (Wildman–Crippen LogP) is 6.35. The first kappa shape index (κ1) is 33.1. The van der Waals surface area contributed by atoms with Gasteiger partial charge in [-0.1, -0.05) is 58.3 Å². The van der Waals surface area contributed by atoms with E-state index in [0.29, 0.717) is 32.5 Å². The van der Waals surface area contributed by atoms with E-state index >= 15 is 0 Å². The lowest BCUT2D eigenvalue weighted by molar-refractivity contribution is -0.153. The monoisotopic (exact) mass is 498 g/mol. The van der Waals surface area contributed by atoms with Crippen molar-refractivity contribution in [2.75, 3.05) is 19.8 Å². The fourth-order valence-electron chi connectivity index (χ4n) is 4.26. The Morgan fingerprint density at radius 2 is 0.971 bits per heavy atom. The van der Waals surface area contributed by atoms with Gasteiger partial charge in [-0.25, -0.2) is 0 Å². The summed E-state index contributed by atoms with van der Waals surface area (Å²) in [4.78, 5) is 48.5. The van der Waals surface area contributed by atoms with Gasteiger partial charge in [-0.15, -0.1) is 0 Å². The van der Waals surface area contributed by atoms with Crippen LogP contribution in [0.3, 0.4) is 0 Å². The van der Waals surface area contributed by atoms with E-state index < -0.39 is 11.9 Å². The largest absolute Gasteiger partial charge is 0.466 e. The van der Waals surface area contributed by atoms with E-state index in [2.05, 4.69) is 0 Å². The van der Waals surface area contributed by atoms with Crippen LogP contribution in [0.2, 0.25) is 0 Å². The van der Waals surface area contributed by atoms with Gasteiger partial charge in [0.15, 0.2) is 0 Å². The molecule has 0 radical (unpaired) electrons. The Morgan fingerprint density at radius 3 is 1.43 bits per heavy atom. The fourth-order valence-corrected chi connectivity index (χ4v) is 4.26. The highest BCUT2D eigenvalue weighted by molar-refractivity contribution is 6.00. The minimum Gasteiger partial charge on any atom is -0.466 e. The molecule has 0 aliphatic heterocycles. The van der Waals surface area contributed by atoms with Crippen LogP contribution in [-0.2, 0) is 33.4 Å². The highest BCUT2D eigenvalue weighted by atomic mass is 16.5. The molecule has 204 valence electrons. The smallest absolute Gasteiger partial charge is 0.316 e. The molecule has 0 aromatic rings. The Bertz CT molecular complexity index is 588. The first-order valence-corrected chi connectivity index (χ1v) is 13.9. The van der Waals surface area contributed by atoms with Gasteiger partial charge in [0, 0.05) is 18.8 Å². The normalized spacial score (nSPS) is 12.6. The lowest BCUT2D eigenvalue weighted by Gasteiger charge is -2.20. The average molecular weight is 499 g/mol. The van der Waals surface area contributed by atoms with Crippen LogP contribution in [0.25, 0.3) is 0 Å². The SMILES string of the molecule is CCOC(=O)CCCCCCCC(CC)C(=O)C(CCCCCCCC(=O)OCC)C(=O)OCC. The number of carbonyl (C=O) groups excluding carboxylic acids is 4. The first-order valence-electron chi connectivity index (χ1n) is 13.9. The van der Waals surface area contributed by atoms with E-state index in [9.17, 15) is 19.2 Å². The van der Waals surface area contributed by atoms with E-state index in [0.717, 1.165) is 77.0 Å². The second-order valence-corrected chi connectivity index (χ2v) is 9.04. The summed E-state index contributed by atoms with van der Waals surface area (Å²) in [7, 11) is 0. The molecular formula is C28H50O7. The zero-order chi connectivity index (χ0) is 26.3. The summed E-state index contributed by atoms with van der Waals surface area (Å²) in [5.74, 6) is -1.45. The molecule has 0 heterocycles. The maximum atomic E-state index is 13.2. The van der Waals surface area contributed by atoms with Crippen molar-refractivity contribution in [3.8, 4) is 0 Å². The highest BCUT2D eigenvalue weighted by Gasteiger charge is 2.31. The molecule has 0 saturated carbocycles. The summed E-state index contributed by atoms with van der Waals surface area (Å²) in [6.45, 7) is 8.51. The van der Waals surface area contributed by atoms with Gasteiger partial charge in [0.2, 0.25) is 0 Å².